The van der Waals surface area contributed by atoms with Gasteiger partial charge in [0, 0.05) is 64.8 Å². The predicted molar refractivity (Wildman–Crippen MR) is 104 cm³/mol. The van der Waals surface area contributed by atoms with Crippen molar-refractivity contribution in [3.8, 4) is 0 Å². The van der Waals surface area contributed by atoms with E-state index in [1.54, 1.807) is 4.90 Å². The molecule has 9 heteroatoms. The number of alkyl halides is 3. The molecule has 1 saturated heterocycles. The van der Waals surface area contributed by atoms with Crippen molar-refractivity contribution in [2.24, 2.45) is 0 Å². The first-order chi connectivity index (χ1) is 13.2. The normalized spacial score (nSPS) is 15.6. The van der Waals surface area contributed by atoms with Gasteiger partial charge in [0.2, 0.25) is 0 Å². The molecule has 1 aromatic rings. The number of urea groups is 1. The first-order valence-corrected chi connectivity index (χ1v) is 9.36. The van der Waals surface area contributed by atoms with E-state index in [1.807, 2.05) is 44.1 Å². The molecule has 0 saturated carbocycles. The van der Waals surface area contributed by atoms with Gasteiger partial charge in [0.05, 0.1) is 0 Å². The van der Waals surface area contributed by atoms with Gasteiger partial charge in [0.25, 0.3) is 0 Å². The van der Waals surface area contributed by atoms with E-state index in [9.17, 15) is 18.0 Å². The number of anilines is 2. The van der Waals surface area contributed by atoms with Gasteiger partial charge in [-0.05, 0) is 37.1 Å². The van der Waals surface area contributed by atoms with Crippen LogP contribution in [0.2, 0.25) is 0 Å². The summed E-state index contributed by atoms with van der Waals surface area (Å²) in [6.45, 7) is 4.09. The number of ether oxygens (including phenoxy) is 1. The van der Waals surface area contributed by atoms with Gasteiger partial charge in [-0.15, -0.1) is 0 Å². The molecule has 0 bridgehead atoms. The van der Waals surface area contributed by atoms with Crippen molar-refractivity contribution in [2.45, 2.75) is 19.5 Å². The highest BCUT2D eigenvalue weighted by Gasteiger charge is 2.27. The minimum atomic E-state index is -4.27. The number of carbonyl (C=O) groups excluding carboxylic acids is 1. The monoisotopic (exact) mass is 402 g/mol. The molecule has 1 heterocycles. The zero-order valence-corrected chi connectivity index (χ0v) is 16.7. The molecule has 1 aliphatic heterocycles. The van der Waals surface area contributed by atoms with E-state index in [2.05, 4.69) is 15.0 Å². The molecule has 6 nitrogen and oxygen atoms in total. The molecule has 2 amide bonds. The van der Waals surface area contributed by atoms with E-state index in [4.69, 9.17) is 0 Å². The molecule has 28 heavy (non-hydrogen) atoms. The third-order valence-electron chi connectivity index (χ3n) is 4.66. The van der Waals surface area contributed by atoms with Crippen molar-refractivity contribution in [3.63, 3.8) is 0 Å². The lowest BCUT2D eigenvalue weighted by Gasteiger charge is -2.34. The third-order valence-corrected chi connectivity index (χ3v) is 4.66. The number of benzene rings is 1. The van der Waals surface area contributed by atoms with Crippen molar-refractivity contribution >= 4 is 17.4 Å². The fourth-order valence-corrected chi connectivity index (χ4v) is 3.01. The van der Waals surface area contributed by atoms with Gasteiger partial charge >= 0.3 is 12.2 Å². The fourth-order valence-electron chi connectivity index (χ4n) is 3.01. The summed E-state index contributed by atoms with van der Waals surface area (Å²) >= 11 is 0. The molecule has 0 radical (unpaired) electrons. The maximum atomic E-state index is 12.5. The Kier molecular flexibility index (Phi) is 7.94. The number of nitrogens with zero attached hydrogens (tertiary/aromatic N) is 3. The molecule has 1 fully saturated rings. The smallest absolute Gasteiger partial charge is 0.378 e. The van der Waals surface area contributed by atoms with Crippen molar-refractivity contribution in [1.82, 2.24) is 9.80 Å². The molecule has 1 N–H and O–H groups in total. The van der Waals surface area contributed by atoms with E-state index < -0.39 is 12.8 Å². The van der Waals surface area contributed by atoms with Crippen molar-refractivity contribution < 1.29 is 22.7 Å². The van der Waals surface area contributed by atoms with Crippen LogP contribution in [0.25, 0.3) is 0 Å². The topological polar surface area (TPSA) is 48.1 Å². The summed E-state index contributed by atoms with van der Waals surface area (Å²) in [6.07, 6.45) is -3.73. The molecule has 0 aromatic heterocycles. The van der Waals surface area contributed by atoms with Crippen LogP contribution in [0.15, 0.2) is 18.2 Å². The number of carbonyl (C=O) groups is 1. The molecule has 0 spiro atoms. The van der Waals surface area contributed by atoms with E-state index in [-0.39, 0.29) is 12.6 Å². The third kappa shape index (κ3) is 7.20. The average molecular weight is 402 g/mol. The second-order valence-electron chi connectivity index (χ2n) is 7.17. The lowest BCUT2D eigenvalue weighted by molar-refractivity contribution is -0.174. The molecular weight excluding hydrogens is 373 g/mol. The fraction of sp³-hybridized carbons (Fsp3) is 0.632. The Balaban J connectivity index is 1.70. The molecular formula is C19H29F3N4O2. The Morgan fingerprint density at radius 1 is 1.21 bits per heavy atom. The Morgan fingerprint density at radius 2 is 1.89 bits per heavy atom. The van der Waals surface area contributed by atoms with E-state index >= 15 is 0 Å². The van der Waals surface area contributed by atoms with Gasteiger partial charge in [-0.1, -0.05) is 0 Å². The van der Waals surface area contributed by atoms with Gasteiger partial charge in [0.15, 0.2) is 0 Å². The minimum absolute atomic E-state index is 0.0857. The molecule has 1 aromatic carbocycles. The molecule has 158 valence electrons. The summed E-state index contributed by atoms with van der Waals surface area (Å²) in [5.41, 5.74) is 2.86. The van der Waals surface area contributed by atoms with E-state index in [1.165, 1.54) is 0 Å². The highest BCUT2D eigenvalue weighted by Crippen LogP contribution is 2.22. The zero-order valence-electron chi connectivity index (χ0n) is 16.7. The summed E-state index contributed by atoms with van der Waals surface area (Å²) in [6, 6.07) is 5.75. The largest absolute Gasteiger partial charge is 0.411 e. The zero-order chi connectivity index (χ0) is 20.7. The second-order valence-corrected chi connectivity index (χ2v) is 7.17. The predicted octanol–water partition coefficient (Wildman–Crippen LogP) is 3.18. The summed E-state index contributed by atoms with van der Waals surface area (Å²) in [7, 11) is 3.93. The molecule has 0 aliphatic carbocycles. The maximum absolute atomic E-state index is 12.5. The number of aryl methyl sites for hydroxylation is 1. The molecule has 1 aliphatic rings. The van der Waals surface area contributed by atoms with E-state index in [0.29, 0.717) is 39.1 Å². The standard InChI is InChI=1S/C19H29F3N4O2/c1-15-13-16(24(2)3)5-6-17(15)23-18(27)26-10-8-25(9-11-26)7-4-12-28-14-19(20,21)22/h5-6,13H,4,7-12,14H2,1-3H3,(H,23,27). The Labute approximate surface area is 164 Å². The van der Waals surface area contributed by atoms with Crippen LogP contribution in [0.4, 0.5) is 29.3 Å². The number of rotatable bonds is 7. The molecule has 2 rings (SSSR count). The quantitative estimate of drug-likeness (QED) is 0.712. The van der Waals surface area contributed by atoms with Gasteiger partial charge in [-0.25, -0.2) is 4.79 Å². The highest BCUT2D eigenvalue weighted by molar-refractivity contribution is 5.90. The van der Waals surface area contributed by atoms with Crippen LogP contribution in [0.1, 0.15) is 12.0 Å². The summed E-state index contributed by atoms with van der Waals surface area (Å²) in [5.74, 6) is 0. The molecule has 0 unspecified atom stereocenters. The lowest BCUT2D eigenvalue weighted by atomic mass is 10.1. The summed E-state index contributed by atoms with van der Waals surface area (Å²) in [5, 5.41) is 2.96. The van der Waals surface area contributed by atoms with Gasteiger partial charge in [-0.2, -0.15) is 13.2 Å². The number of hydrogen-bond acceptors (Lipinski definition) is 4. The van der Waals surface area contributed by atoms with Crippen molar-refractivity contribution in [1.29, 1.82) is 0 Å². The number of hydrogen-bond donors (Lipinski definition) is 1. The van der Waals surface area contributed by atoms with Crippen LogP contribution < -0.4 is 10.2 Å². The Bertz CT molecular complexity index is 645. The number of amides is 2. The van der Waals surface area contributed by atoms with Crippen LogP contribution in [0, 0.1) is 6.92 Å². The number of piperazine rings is 1. The Morgan fingerprint density at radius 3 is 2.46 bits per heavy atom. The SMILES string of the molecule is Cc1cc(N(C)C)ccc1NC(=O)N1CCN(CCCOCC(F)(F)F)CC1. The Hall–Kier alpha value is -2.00. The van der Waals surface area contributed by atoms with Crippen molar-refractivity contribution in [3.05, 3.63) is 23.8 Å². The van der Waals surface area contributed by atoms with Gasteiger partial charge in [0.1, 0.15) is 6.61 Å². The highest BCUT2D eigenvalue weighted by atomic mass is 19.4. The first-order valence-electron chi connectivity index (χ1n) is 9.36. The minimum Gasteiger partial charge on any atom is -0.378 e. The van der Waals surface area contributed by atoms with Crippen molar-refractivity contribution in [2.75, 3.05) is 70.2 Å². The van der Waals surface area contributed by atoms with Crippen LogP contribution in [0.3, 0.4) is 0 Å². The average Bonchev–Trinajstić information content (AvgIpc) is 2.62. The van der Waals surface area contributed by atoms with Gasteiger partial charge in [-0.3, -0.25) is 4.90 Å². The van der Waals surface area contributed by atoms with Crippen LogP contribution in [-0.4, -0.2) is 82.0 Å². The summed E-state index contributed by atoms with van der Waals surface area (Å²) < 4.78 is 40.7. The lowest BCUT2D eigenvalue weighted by Crippen LogP contribution is -2.50. The first kappa shape index (κ1) is 22.3. The maximum Gasteiger partial charge on any atom is 0.411 e. The van der Waals surface area contributed by atoms with E-state index in [0.717, 1.165) is 16.9 Å². The summed E-state index contributed by atoms with van der Waals surface area (Å²) in [4.78, 5) is 18.4. The van der Waals surface area contributed by atoms with Gasteiger partial charge < -0.3 is 19.9 Å². The van der Waals surface area contributed by atoms with Crippen LogP contribution in [0.5, 0.6) is 0 Å². The van der Waals surface area contributed by atoms with Crippen LogP contribution >= 0.6 is 0 Å². The number of nitrogens with one attached hydrogen (secondary N) is 1. The number of halogens is 3. The second kappa shape index (κ2) is 9.97. The van der Waals surface area contributed by atoms with Crippen LogP contribution in [-0.2, 0) is 4.74 Å². The molecule has 0 atom stereocenters.